The Morgan fingerprint density at radius 2 is 2.21 bits per heavy atom. The van der Waals surface area contributed by atoms with E-state index < -0.39 is 0 Å². The Kier molecular flexibility index (Phi) is 6.24. The number of amides is 1. The standard InChI is InChI=1S/C13H17BrN2O2S/c1-9-3-4-10(14)7-11(9)18-8-13(17)16(2)6-5-12(15)19/h3-4,7H,5-6,8H2,1-2H3,(H2,15,19). The largest absolute Gasteiger partial charge is 0.483 e. The molecular formula is C13H17BrN2O2S. The highest BCUT2D eigenvalue weighted by atomic mass is 79.9. The lowest BCUT2D eigenvalue weighted by molar-refractivity contribution is -0.131. The number of carbonyl (C=O) groups excluding carboxylic acids is 1. The van der Waals surface area contributed by atoms with Crippen LogP contribution in [0, 0.1) is 6.92 Å². The van der Waals surface area contributed by atoms with Gasteiger partial charge in [0.15, 0.2) is 6.61 Å². The average Bonchev–Trinajstić information content (AvgIpc) is 2.36. The average molecular weight is 345 g/mol. The van der Waals surface area contributed by atoms with Crippen molar-refractivity contribution in [3.63, 3.8) is 0 Å². The third-order valence-corrected chi connectivity index (χ3v) is 3.32. The zero-order chi connectivity index (χ0) is 14.4. The zero-order valence-electron chi connectivity index (χ0n) is 11.0. The van der Waals surface area contributed by atoms with Gasteiger partial charge < -0.3 is 15.4 Å². The highest BCUT2D eigenvalue weighted by molar-refractivity contribution is 9.10. The first-order valence-corrected chi connectivity index (χ1v) is 7.01. The van der Waals surface area contributed by atoms with Crippen LogP contribution in [0.2, 0.25) is 0 Å². The number of halogens is 1. The summed E-state index contributed by atoms with van der Waals surface area (Å²) in [4.78, 5) is 13.8. The first-order chi connectivity index (χ1) is 8.90. The molecule has 1 rings (SSSR count). The van der Waals surface area contributed by atoms with Gasteiger partial charge >= 0.3 is 0 Å². The van der Waals surface area contributed by atoms with E-state index in [-0.39, 0.29) is 12.5 Å². The van der Waals surface area contributed by atoms with Crippen molar-refractivity contribution in [3.05, 3.63) is 28.2 Å². The Hall–Kier alpha value is -1.14. The number of rotatable bonds is 6. The number of hydrogen-bond donors (Lipinski definition) is 1. The van der Waals surface area contributed by atoms with Crippen molar-refractivity contribution < 1.29 is 9.53 Å². The number of thiocarbonyl (C=S) groups is 1. The molecule has 0 aliphatic heterocycles. The van der Waals surface area contributed by atoms with E-state index in [9.17, 15) is 4.79 Å². The van der Waals surface area contributed by atoms with Crippen molar-refractivity contribution in [2.75, 3.05) is 20.2 Å². The van der Waals surface area contributed by atoms with E-state index >= 15 is 0 Å². The Bertz CT molecular complexity index is 480. The molecule has 1 amide bonds. The molecule has 4 nitrogen and oxygen atoms in total. The predicted octanol–water partition coefficient (Wildman–Crippen LogP) is 2.27. The molecule has 0 unspecified atom stereocenters. The highest BCUT2D eigenvalue weighted by Crippen LogP contribution is 2.22. The van der Waals surface area contributed by atoms with Crippen LogP contribution in [0.3, 0.4) is 0 Å². The fourth-order valence-corrected chi connectivity index (χ4v) is 1.81. The van der Waals surface area contributed by atoms with Crippen molar-refractivity contribution in [1.82, 2.24) is 4.90 Å². The fraction of sp³-hybridized carbons (Fsp3) is 0.385. The van der Waals surface area contributed by atoms with E-state index in [4.69, 9.17) is 22.7 Å². The van der Waals surface area contributed by atoms with Gasteiger partial charge in [-0.25, -0.2) is 0 Å². The monoisotopic (exact) mass is 344 g/mol. The van der Waals surface area contributed by atoms with Crippen molar-refractivity contribution in [2.45, 2.75) is 13.3 Å². The van der Waals surface area contributed by atoms with Crippen LogP contribution in [0.5, 0.6) is 5.75 Å². The molecule has 0 heterocycles. The maximum atomic E-state index is 11.8. The highest BCUT2D eigenvalue weighted by Gasteiger charge is 2.10. The molecule has 1 aromatic rings. The van der Waals surface area contributed by atoms with Gasteiger partial charge in [0.05, 0.1) is 4.99 Å². The van der Waals surface area contributed by atoms with Crippen LogP contribution in [-0.2, 0) is 4.79 Å². The van der Waals surface area contributed by atoms with E-state index in [2.05, 4.69) is 15.9 Å². The van der Waals surface area contributed by atoms with Gasteiger partial charge in [0.1, 0.15) is 5.75 Å². The van der Waals surface area contributed by atoms with Crippen molar-refractivity contribution in [2.24, 2.45) is 5.73 Å². The van der Waals surface area contributed by atoms with Crippen LogP contribution in [0.25, 0.3) is 0 Å². The molecule has 2 N–H and O–H groups in total. The number of benzene rings is 1. The molecule has 0 saturated heterocycles. The number of aryl methyl sites for hydroxylation is 1. The number of ether oxygens (including phenoxy) is 1. The van der Waals surface area contributed by atoms with E-state index in [0.717, 1.165) is 10.0 Å². The van der Waals surface area contributed by atoms with Gasteiger partial charge in [0, 0.05) is 24.5 Å². The molecule has 1 aromatic carbocycles. The predicted molar refractivity (Wildman–Crippen MR) is 83.4 cm³/mol. The second-order valence-corrected chi connectivity index (χ2v) is 5.67. The molecule has 0 saturated carbocycles. The van der Waals surface area contributed by atoms with Crippen LogP contribution in [-0.4, -0.2) is 36.0 Å². The summed E-state index contributed by atoms with van der Waals surface area (Å²) in [6.45, 7) is 2.45. The number of nitrogens with two attached hydrogens (primary N) is 1. The lowest BCUT2D eigenvalue weighted by Gasteiger charge is -2.17. The van der Waals surface area contributed by atoms with Gasteiger partial charge in [-0.05, 0) is 24.6 Å². The molecule has 6 heteroatoms. The molecule has 0 spiro atoms. The lowest BCUT2D eigenvalue weighted by Crippen LogP contribution is -2.33. The fourth-order valence-electron chi connectivity index (χ4n) is 1.38. The van der Waals surface area contributed by atoms with Gasteiger partial charge in [0.2, 0.25) is 0 Å². The second kappa shape index (κ2) is 7.45. The minimum atomic E-state index is -0.101. The molecule has 0 fully saturated rings. The third kappa shape index (κ3) is 5.57. The minimum Gasteiger partial charge on any atom is -0.483 e. The Balaban J connectivity index is 2.49. The molecule has 104 valence electrons. The molecule has 0 radical (unpaired) electrons. The van der Waals surface area contributed by atoms with Crippen LogP contribution >= 0.6 is 28.1 Å². The summed E-state index contributed by atoms with van der Waals surface area (Å²) >= 11 is 8.15. The van der Waals surface area contributed by atoms with Crippen molar-refractivity contribution >= 4 is 39.0 Å². The van der Waals surface area contributed by atoms with Crippen LogP contribution in [0.1, 0.15) is 12.0 Å². The number of carbonyl (C=O) groups is 1. The third-order valence-electron chi connectivity index (χ3n) is 2.62. The Morgan fingerprint density at radius 3 is 2.84 bits per heavy atom. The van der Waals surface area contributed by atoms with Gasteiger partial charge in [0.25, 0.3) is 5.91 Å². The first kappa shape index (κ1) is 15.9. The van der Waals surface area contributed by atoms with Crippen LogP contribution < -0.4 is 10.5 Å². The summed E-state index contributed by atoms with van der Waals surface area (Å²) in [7, 11) is 1.71. The summed E-state index contributed by atoms with van der Waals surface area (Å²) < 4.78 is 6.44. The Labute approximate surface area is 127 Å². The molecule has 0 atom stereocenters. The van der Waals surface area contributed by atoms with Crippen LogP contribution in [0.4, 0.5) is 0 Å². The second-order valence-electron chi connectivity index (χ2n) is 4.23. The summed E-state index contributed by atoms with van der Waals surface area (Å²) in [6, 6.07) is 5.70. The quantitative estimate of drug-likeness (QED) is 0.804. The molecule has 0 aliphatic carbocycles. The maximum absolute atomic E-state index is 11.8. The van der Waals surface area contributed by atoms with E-state index in [1.165, 1.54) is 0 Å². The van der Waals surface area contributed by atoms with Crippen LogP contribution in [0.15, 0.2) is 22.7 Å². The summed E-state index contributed by atoms with van der Waals surface area (Å²) in [6.07, 6.45) is 0.521. The smallest absolute Gasteiger partial charge is 0.260 e. The topological polar surface area (TPSA) is 55.6 Å². The van der Waals surface area contributed by atoms with Gasteiger partial charge in [-0.1, -0.05) is 34.2 Å². The SMILES string of the molecule is Cc1ccc(Br)cc1OCC(=O)N(C)CCC(N)=S. The van der Waals surface area contributed by atoms with E-state index in [1.54, 1.807) is 11.9 Å². The molecule has 0 aliphatic rings. The summed E-state index contributed by atoms with van der Waals surface area (Å²) in [5.41, 5.74) is 6.39. The number of hydrogen-bond acceptors (Lipinski definition) is 3. The van der Waals surface area contributed by atoms with E-state index in [0.29, 0.717) is 23.7 Å². The molecule has 0 aromatic heterocycles. The summed E-state index contributed by atoms with van der Waals surface area (Å²) in [5, 5.41) is 0. The van der Waals surface area contributed by atoms with Gasteiger partial charge in [-0.2, -0.15) is 0 Å². The van der Waals surface area contributed by atoms with Gasteiger partial charge in [-0.15, -0.1) is 0 Å². The number of likely N-dealkylation sites (N-methyl/N-ethyl adjacent to an activating group) is 1. The normalized spacial score (nSPS) is 10.1. The maximum Gasteiger partial charge on any atom is 0.260 e. The van der Waals surface area contributed by atoms with E-state index in [1.807, 2.05) is 25.1 Å². The minimum absolute atomic E-state index is 0.00509. The molecular weight excluding hydrogens is 328 g/mol. The first-order valence-electron chi connectivity index (χ1n) is 5.81. The Morgan fingerprint density at radius 1 is 1.53 bits per heavy atom. The molecule has 19 heavy (non-hydrogen) atoms. The van der Waals surface area contributed by atoms with Gasteiger partial charge in [-0.3, -0.25) is 4.79 Å². The number of nitrogens with zero attached hydrogens (tertiary/aromatic N) is 1. The lowest BCUT2D eigenvalue weighted by atomic mass is 10.2. The van der Waals surface area contributed by atoms with Crippen molar-refractivity contribution in [1.29, 1.82) is 0 Å². The zero-order valence-corrected chi connectivity index (χ0v) is 13.4. The molecule has 0 bridgehead atoms. The summed E-state index contributed by atoms with van der Waals surface area (Å²) in [5.74, 6) is 0.598. The van der Waals surface area contributed by atoms with Crippen molar-refractivity contribution in [3.8, 4) is 5.75 Å².